The van der Waals surface area contributed by atoms with E-state index in [4.69, 9.17) is 5.73 Å². The van der Waals surface area contributed by atoms with E-state index in [1.807, 2.05) is 12.1 Å². The number of hydrogen-bond donors (Lipinski definition) is 1. The summed E-state index contributed by atoms with van der Waals surface area (Å²) in [5.74, 6) is 0. The molecule has 3 nitrogen and oxygen atoms in total. The summed E-state index contributed by atoms with van der Waals surface area (Å²) in [4.78, 5) is 2.47. The van der Waals surface area contributed by atoms with Crippen molar-refractivity contribution in [2.24, 2.45) is 0 Å². The van der Waals surface area contributed by atoms with E-state index >= 15 is 0 Å². The van der Waals surface area contributed by atoms with Gasteiger partial charge in [-0.25, -0.2) is 0 Å². The van der Waals surface area contributed by atoms with Gasteiger partial charge in [0.05, 0.1) is 27.2 Å². The first-order chi connectivity index (χ1) is 8.03. The van der Waals surface area contributed by atoms with Crippen LogP contribution in [-0.4, -0.2) is 44.3 Å². The summed E-state index contributed by atoms with van der Waals surface area (Å²) >= 11 is 0. The van der Waals surface area contributed by atoms with Gasteiger partial charge in [-0.15, -0.1) is 0 Å². The van der Waals surface area contributed by atoms with Crippen LogP contribution in [0.1, 0.15) is 13.3 Å². The zero-order valence-corrected chi connectivity index (χ0v) is 12.3. The van der Waals surface area contributed by atoms with Crippen molar-refractivity contribution in [3.63, 3.8) is 0 Å². The third-order valence-corrected chi connectivity index (χ3v) is 4.23. The fourth-order valence-electron chi connectivity index (χ4n) is 2.49. The molecule has 0 radical (unpaired) electrons. The maximum atomic E-state index is 5.72. The molecule has 0 spiro atoms. The van der Waals surface area contributed by atoms with Crippen LogP contribution in [0.25, 0.3) is 0 Å². The molecule has 0 aliphatic carbocycles. The van der Waals surface area contributed by atoms with Gasteiger partial charge in [-0.2, -0.15) is 0 Å². The first kappa shape index (κ1) is 15.1. The second-order valence-corrected chi connectivity index (χ2v) is 5.57. The maximum absolute atomic E-state index is 5.72. The van der Waals surface area contributed by atoms with Crippen LogP contribution in [0.3, 0.4) is 0 Å². The van der Waals surface area contributed by atoms with Crippen molar-refractivity contribution in [3.05, 3.63) is 24.3 Å². The molecule has 1 heterocycles. The van der Waals surface area contributed by atoms with Crippen molar-refractivity contribution >= 4 is 11.4 Å². The van der Waals surface area contributed by atoms with Gasteiger partial charge < -0.3 is 27.5 Å². The Morgan fingerprint density at radius 1 is 1.28 bits per heavy atom. The van der Waals surface area contributed by atoms with Gasteiger partial charge in [0, 0.05) is 24.3 Å². The fourth-order valence-corrected chi connectivity index (χ4v) is 2.49. The van der Waals surface area contributed by atoms with Crippen molar-refractivity contribution in [1.29, 1.82) is 0 Å². The lowest BCUT2D eigenvalue weighted by molar-refractivity contribution is -0.910. The van der Waals surface area contributed by atoms with Crippen LogP contribution >= 0.6 is 0 Å². The third-order valence-electron chi connectivity index (χ3n) is 4.23. The SMILES string of the molecule is CC[N+](C)(C)C1CCN(c2ccc(N)cc2)C1.[Cl-]. The second kappa shape index (κ2) is 5.81. The molecule has 0 aromatic heterocycles. The number of rotatable bonds is 3. The Hall–Kier alpha value is -0.930. The van der Waals surface area contributed by atoms with E-state index < -0.39 is 0 Å². The molecule has 1 atom stereocenters. The normalized spacial score (nSPS) is 19.7. The van der Waals surface area contributed by atoms with Crippen LogP contribution in [0, 0.1) is 0 Å². The average molecular weight is 270 g/mol. The zero-order valence-electron chi connectivity index (χ0n) is 11.6. The van der Waals surface area contributed by atoms with Gasteiger partial charge in [-0.05, 0) is 31.2 Å². The van der Waals surface area contributed by atoms with E-state index in [2.05, 4.69) is 38.1 Å². The highest BCUT2D eigenvalue weighted by Crippen LogP contribution is 2.25. The van der Waals surface area contributed by atoms with E-state index in [-0.39, 0.29) is 12.4 Å². The predicted octanol–water partition coefficient (Wildman–Crippen LogP) is -1.05. The van der Waals surface area contributed by atoms with Crippen molar-refractivity contribution in [1.82, 2.24) is 0 Å². The van der Waals surface area contributed by atoms with E-state index in [1.165, 1.54) is 18.7 Å². The van der Waals surface area contributed by atoms with Crippen molar-refractivity contribution in [2.75, 3.05) is 44.4 Å². The maximum Gasteiger partial charge on any atom is 0.108 e. The topological polar surface area (TPSA) is 29.3 Å². The summed E-state index contributed by atoms with van der Waals surface area (Å²) in [5.41, 5.74) is 7.87. The quantitative estimate of drug-likeness (QED) is 0.561. The van der Waals surface area contributed by atoms with E-state index in [0.29, 0.717) is 0 Å². The molecule has 2 N–H and O–H groups in total. The van der Waals surface area contributed by atoms with Crippen molar-refractivity contribution < 1.29 is 16.9 Å². The number of benzene rings is 1. The van der Waals surface area contributed by atoms with Gasteiger partial charge in [0.15, 0.2) is 0 Å². The minimum Gasteiger partial charge on any atom is -1.00 e. The summed E-state index contributed by atoms with van der Waals surface area (Å²) < 4.78 is 1.12. The summed E-state index contributed by atoms with van der Waals surface area (Å²) in [6.07, 6.45) is 1.28. The Balaban J connectivity index is 0.00000162. The molecule has 102 valence electrons. The number of anilines is 2. The van der Waals surface area contributed by atoms with Gasteiger partial charge in [-0.3, -0.25) is 0 Å². The lowest BCUT2D eigenvalue weighted by Gasteiger charge is -2.35. The monoisotopic (exact) mass is 269 g/mol. The lowest BCUT2D eigenvalue weighted by atomic mass is 10.2. The van der Waals surface area contributed by atoms with Crippen LogP contribution in [0.2, 0.25) is 0 Å². The van der Waals surface area contributed by atoms with E-state index in [1.54, 1.807) is 0 Å². The van der Waals surface area contributed by atoms with Crippen molar-refractivity contribution in [2.45, 2.75) is 19.4 Å². The highest BCUT2D eigenvalue weighted by molar-refractivity contribution is 5.53. The van der Waals surface area contributed by atoms with Crippen LogP contribution in [-0.2, 0) is 0 Å². The first-order valence-electron chi connectivity index (χ1n) is 6.46. The molecular weight excluding hydrogens is 246 g/mol. The predicted molar refractivity (Wildman–Crippen MR) is 74.1 cm³/mol. The molecule has 4 heteroatoms. The summed E-state index contributed by atoms with van der Waals surface area (Å²) in [6.45, 7) is 5.78. The minimum atomic E-state index is 0. The second-order valence-electron chi connectivity index (χ2n) is 5.57. The lowest BCUT2D eigenvalue weighted by Crippen LogP contribution is -3.00. The molecule has 1 fully saturated rings. The average Bonchev–Trinajstić information content (AvgIpc) is 2.80. The molecule has 1 aliphatic heterocycles. The highest BCUT2D eigenvalue weighted by Gasteiger charge is 2.33. The Bertz CT molecular complexity index is 375. The van der Waals surface area contributed by atoms with Crippen LogP contribution < -0.4 is 23.0 Å². The van der Waals surface area contributed by atoms with Gasteiger partial charge in [-0.1, -0.05) is 0 Å². The van der Waals surface area contributed by atoms with Gasteiger partial charge >= 0.3 is 0 Å². The number of nitrogens with zero attached hydrogens (tertiary/aromatic N) is 2. The van der Waals surface area contributed by atoms with Crippen LogP contribution in [0.4, 0.5) is 11.4 Å². The largest absolute Gasteiger partial charge is 1.00 e. The van der Waals surface area contributed by atoms with Gasteiger partial charge in [0.1, 0.15) is 6.04 Å². The van der Waals surface area contributed by atoms with Gasteiger partial charge in [0.25, 0.3) is 0 Å². The van der Waals surface area contributed by atoms with Crippen LogP contribution in [0.5, 0.6) is 0 Å². The van der Waals surface area contributed by atoms with Crippen LogP contribution in [0.15, 0.2) is 24.3 Å². The zero-order chi connectivity index (χ0) is 12.5. The molecule has 1 unspecified atom stereocenters. The fraction of sp³-hybridized carbons (Fsp3) is 0.571. The number of quaternary nitrogens is 1. The summed E-state index contributed by atoms with van der Waals surface area (Å²) in [7, 11) is 4.66. The van der Waals surface area contributed by atoms with Gasteiger partial charge in [0.2, 0.25) is 0 Å². The summed E-state index contributed by atoms with van der Waals surface area (Å²) in [5, 5.41) is 0. The van der Waals surface area contributed by atoms with E-state index in [9.17, 15) is 0 Å². The number of likely N-dealkylation sites (N-methyl/N-ethyl adjacent to an activating group) is 1. The number of nitrogens with two attached hydrogens (primary N) is 1. The Labute approximate surface area is 117 Å². The number of nitrogen functional groups attached to an aromatic ring is 1. The number of hydrogen-bond acceptors (Lipinski definition) is 2. The Morgan fingerprint density at radius 2 is 1.89 bits per heavy atom. The third kappa shape index (κ3) is 3.09. The molecule has 1 aliphatic rings. The molecule has 1 aromatic rings. The standard InChI is InChI=1S/C14H24N3.ClH/c1-4-17(2,3)14-9-10-16(11-14)13-7-5-12(15)6-8-13;/h5-8,14H,4,9-11,15H2,1-3H3;1H/q+1;/p-1. The Morgan fingerprint density at radius 3 is 2.44 bits per heavy atom. The molecular formula is C14H24ClN3. The molecule has 0 amide bonds. The molecule has 18 heavy (non-hydrogen) atoms. The minimum absolute atomic E-state index is 0. The smallest absolute Gasteiger partial charge is 0.108 e. The number of halogens is 1. The van der Waals surface area contributed by atoms with E-state index in [0.717, 1.165) is 29.3 Å². The molecule has 1 saturated heterocycles. The summed E-state index contributed by atoms with van der Waals surface area (Å²) in [6, 6.07) is 8.98. The Kier molecular flexibility index (Phi) is 4.88. The molecule has 2 rings (SSSR count). The molecule has 1 aromatic carbocycles. The first-order valence-corrected chi connectivity index (χ1v) is 6.46. The molecule has 0 saturated carbocycles. The highest BCUT2D eigenvalue weighted by atomic mass is 35.5. The van der Waals surface area contributed by atoms with Crippen molar-refractivity contribution in [3.8, 4) is 0 Å². The molecule has 0 bridgehead atoms.